The standard InChI is InChI=1S/C20H16N4O4/c25-19(13-27-16-4-2-15-3-5-20(26)28-17(15)11-16)22-12-14-6-8-21-18(10-14)24-9-1-7-23-24/h1-11H,12-13H2,(H,22,25). The highest BCUT2D eigenvalue weighted by molar-refractivity contribution is 5.79. The van der Waals surface area contributed by atoms with E-state index in [4.69, 9.17) is 9.15 Å². The van der Waals surface area contributed by atoms with E-state index in [1.54, 1.807) is 47.5 Å². The molecule has 0 saturated heterocycles. The third-order valence-electron chi connectivity index (χ3n) is 4.00. The van der Waals surface area contributed by atoms with Gasteiger partial charge in [-0.3, -0.25) is 4.79 Å². The second-order valence-corrected chi connectivity index (χ2v) is 5.99. The van der Waals surface area contributed by atoms with Crippen molar-refractivity contribution in [3.63, 3.8) is 0 Å². The van der Waals surface area contributed by atoms with Crippen molar-refractivity contribution in [2.24, 2.45) is 0 Å². The van der Waals surface area contributed by atoms with Crippen LogP contribution < -0.4 is 15.7 Å². The molecule has 0 atom stereocenters. The lowest BCUT2D eigenvalue weighted by Gasteiger charge is -2.09. The first-order chi connectivity index (χ1) is 13.7. The molecule has 0 fully saturated rings. The summed E-state index contributed by atoms with van der Waals surface area (Å²) < 4.78 is 12.2. The monoisotopic (exact) mass is 376 g/mol. The van der Waals surface area contributed by atoms with Crippen LogP contribution in [-0.2, 0) is 11.3 Å². The molecule has 0 bridgehead atoms. The van der Waals surface area contributed by atoms with Gasteiger partial charge >= 0.3 is 5.63 Å². The molecule has 4 aromatic rings. The molecule has 1 aromatic carbocycles. The molecular weight excluding hydrogens is 360 g/mol. The number of amides is 1. The van der Waals surface area contributed by atoms with Gasteiger partial charge in [-0.15, -0.1) is 0 Å². The minimum Gasteiger partial charge on any atom is -0.484 e. The maximum absolute atomic E-state index is 12.1. The number of nitrogens with one attached hydrogen (secondary N) is 1. The van der Waals surface area contributed by atoms with Gasteiger partial charge in [0, 0.05) is 42.7 Å². The van der Waals surface area contributed by atoms with Crippen LogP contribution in [0.3, 0.4) is 0 Å². The predicted octanol–water partition coefficient (Wildman–Crippen LogP) is 2.07. The van der Waals surface area contributed by atoms with Crippen molar-refractivity contribution in [2.75, 3.05) is 6.61 Å². The molecule has 8 heteroatoms. The molecule has 28 heavy (non-hydrogen) atoms. The molecular formula is C20H16N4O4. The predicted molar refractivity (Wildman–Crippen MR) is 101 cm³/mol. The highest BCUT2D eigenvalue weighted by Gasteiger charge is 2.06. The van der Waals surface area contributed by atoms with E-state index < -0.39 is 5.63 Å². The summed E-state index contributed by atoms with van der Waals surface area (Å²) in [4.78, 5) is 27.6. The van der Waals surface area contributed by atoms with Crippen molar-refractivity contribution < 1.29 is 13.9 Å². The van der Waals surface area contributed by atoms with Crippen molar-refractivity contribution in [1.29, 1.82) is 0 Å². The molecule has 0 radical (unpaired) electrons. The van der Waals surface area contributed by atoms with Crippen molar-refractivity contribution in [2.45, 2.75) is 6.54 Å². The summed E-state index contributed by atoms with van der Waals surface area (Å²) in [5.74, 6) is 0.847. The van der Waals surface area contributed by atoms with Crippen LogP contribution in [0.4, 0.5) is 0 Å². The Bertz CT molecular complexity index is 1170. The van der Waals surface area contributed by atoms with Crippen LogP contribution >= 0.6 is 0 Å². The van der Waals surface area contributed by atoms with E-state index in [1.165, 1.54) is 6.07 Å². The van der Waals surface area contributed by atoms with Crippen LogP contribution in [-0.4, -0.2) is 27.3 Å². The summed E-state index contributed by atoms with van der Waals surface area (Å²) in [6.07, 6.45) is 5.13. The Labute approximate surface area is 159 Å². The molecule has 4 rings (SSSR count). The molecule has 1 amide bonds. The summed E-state index contributed by atoms with van der Waals surface area (Å²) in [5, 5.41) is 7.71. The Balaban J connectivity index is 1.34. The van der Waals surface area contributed by atoms with Gasteiger partial charge in [-0.05, 0) is 42.0 Å². The summed E-state index contributed by atoms with van der Waals surface area (Å²) in [7, 11) is 0. The number of benzene rings is 1. The lowest BCUT2D eigenvalue weighted by molar-refractivity contribution is -0.123. The van der Waals surface area contributed by atoms with Crippen LogP contribution in [0.1, 0.15) is 5.56 Å². The Kier molecular flexibility index (Phi) is 4.83. The lowest BCUT2D eigenvalue weighted by atomic mass is 10.2. The Morgan fingerprint density at radius 1 is 1.14 bits per heavy atom. The number of pyridine rings is 1. The maximum Gasteiger partial charge on any atom is 0.336 e. The molecule has 0 unspecified atom stereocenters. The van der Waals surface area contributed by atoms with Crippen LogP contribution in [0.5, 0.6) is 5.75 Å². The van der Waals surface area contributed by atoms with E-state index in [-0.39, 0.29) is 12.5 Å². The van der Waals surface area contributed by atoms with E-state index in [0.29, 0.717) is 23.7 Å². The van der Waals surface area contributed by atoms with Crippen molar-refractivity contribution >= 4 is 16.9 Å². The third-order valence-corrected chi connectivity index (χ3v) is 4.00. The van der Waals surface area contributed by atoms with Crippen LogP contribution in [0, 0.1) is 0 Å². The minimum absolute atomic E-state index is 0.153. The van der Waals surface area contributed by atoms with Crippen molar-refractivity contribution in [3.05, 3.63) is 83.1 Å². The minimum atomic E-state index is -0.436. The molecule has 0 aliphatic carbocycles. The highest BCUT2D eigenvalue weighted by Crippen LogP contribution is 2.19. The molecule has 3 heterocycles. The average Bonchev–Trinajstić information content (AvgIpc) is 3.25. The Hall–Kier alpha value is -3.94. The SMILES string of the molecule is O=C(COc1ccc2ccc(=O)oc2c1)NCc1ccnc(-n2cccn2)c1. The summed E-state index contributed by atoms with van der Waals surface area (Å²) >= 11 is 0. The number of carbonyl (C=O) groups excluding carboxylic acids is 1. The molecule has 0 aliphatic rings. The number of hydrogen-bond donors (Lipinski definition) is 1. The van der Waals surface area contributed by atoms with Gasteiger partial charge in [-0.25, -0.2) is 14.5 Å². The largest absolute Gasteiger partial charge is 0.484 e. The van der Waals surface area contributed by atoms with E-state index in [9.17, 15) is 9.59 Å². The number of aromatic nitrogens is 3. The highest BCUT2D eigenvalue weighted by atomic mass is 16.5. The number of fused-ring (bicyclic) bond motifs is 1. The van der Waals surface area contributed by atoms with E-state index >= 15 is 0 Å². The smallest absolute Gasteiger partial charge is 0.336 e. The van der Waals surface area contributed by atoms with E-state index in [1.807, 2.05) is 18.2 Å². The zero-order valence-corrected chi connectivity index (χ0v) is 14.7. The first-order valence-electron chi connectivity index (χ1n) is 8.56. The molecule has 8 nitrogen and oxygen atoms in total. The zero-order valence-electron chi connectivity index (χ0n) is 14.7. The van der Waals surface area contributed by atoms with E-state index in [0.717, 1.165) is 10.9 Å². The molecule has 0 saturated carbocycles. The number of ether oxygens (including phenoxy) is 1. The normalized spacial score (nSPS) is 10.7. The van der Waals surface area contributed by atoms with Crippen LogP contribution in [0.15, 0.2) is 76.3 Å². The molecule has 0 spiro atoms. The lowest BCUT2D eigenvalue weighted by Crippen LogP contribution is -2.28. The number of nitrogens with zero attached hydrogens (tertiary/aromatic N) is 3. The fraction of sp³-hybridized carbons (Fsp3) is 0.100. The average molecular weight is 376 g/mol. The van der Waals surface area contributed by atoms with Crippen molar-refractivity contribution in [3.8, 4) is 11.6 Å². The fourth-order valence-electron chi connectivity index (χ4n) is 2.63. The van der Waals surface area contributed by atoms with Crippen LogP contribution in [0.2, 0.25) is 0 Å². The third kappa shape index (κ3) is 4.07. The van der Waals surface area contributed by atoms with Gasteiger partial charge in [0.1, 0.15) is 11.3 Å². The molecule has 3 aromatic heterocycles. The summed E-state index contributed by atoms with van der Waals surface area (Å²) in [6, 6.07) is 13.6. The molecule has 140 valence electrons. The van der Waals surface area contributed by atoms with Gasteiger partial charge in [-0.1, -0.05) is 0 Å². The van der Waals surface area contributed by atoms with Gasteiger partial charge in [0.05, 0.1) is 0 Å². The van der Waals surface area contributed by atoms with E-state index in [2.05, 4.69) is 15.4 Å². The van der Waals surface area contributed by atoms with Gasteiger partial charge in [0.15, 0.2) is 12.4 Å². The summed E-state index contributed by atoms with van der Waals surface area (Å²) in [6.45, 7) is 0.186. The van der Waals surface area contributed by atoms with Gasteiger partial charge < -0.3 is 14.5 Å². The first kappa shape index (κ1) is 17.5. The zero-order chi connectivity index (χ0) is 19.3. The first-order valence-corrected chi connectivity index (χ1v) is 8.56. The Morgan fingerprint density at radius 2 is 2.04 bits per heavy atom. The Morgan fingerprint density at radius 3 is 2.89 bits per heavy atom. The quantitative estimate of drug-likeness (QED) is 0.517. The molecule has 1 N–H and O–H groups in total. The molecule has 0 aliphatic heterocycles. The van der Waals surface area contributed by atoms with Crippen LogP contribution in [0.25, 0.3) is 16.8 Å². The second-order valence-electron chi connectivity index (χ2n) is 5.99. The number of rotatable bonds is 6. The van der Waals surface area contributed by atoms with Gasteiger partial charge in [-0.2, -0.15) is 5.10 Å². The summed E-state index contributed by atoms with van der Waals surface area (Å²) in [5.41, 5.74) is 0.865. The topological polar surface area (TPSA) is 99.3 Å². The van der Waals surface area contributed by atoms with Gasteiger partial charge in [0.25, 0.3) is 5.91 Å². The maximum atomic E-state index is 12.1. The number of hydrogen-bond acceptors (Lipinski definition) is 6. The number of carbonyl (C=O) groups is 1. The van der Waals surface area contributed by atoms with Gasteiger partial charge in [0.2, 0.25) is 0 Å². The second kappa shape index (κ2) is 7.75. The van der Waals surface area contributed by atoms with Crippen molar-refractivity contribution in [1.82, 2.24) is 20.1 Å². The fourth-order valence-corrected chi connectivity index (χ4v) is 2.63.